The number of carbonyl (C=O) groups is 2. The van der Waals surface area contributed by atoms with Gasteiger partial charge < -0.3 is 15.0 Å². The fraction of sp³-hybridized carbons (Fsp3) is 0.238. The summed E-state index contributed by atoms with van der Waals surface area (Å²) in [5, 5.41) is 9.37. The highest BCUT2D eigenvalue weighted by Gasteiger charge is 2.35. The van der Waals surface area contributed by atoms with Crippen LogP contribution < -0.4 is 15.0 Å². The van der Waals surface area contributed by atoms with Gasteiger partial charge in [-0.3, -0.25) is 14.7 Å². The summed E-state index contributed by atoms with van der Waals surface area (Å²) in [6, 6.07) is 13.1. The monoisotopic (exact) mass is 391 g/mol. The number of pyridine rings is 1. The smallest absolute Gasteiger partial charge is 0.230 e. The molecule has 0 radical (unpaired) electrons. The average Bonchev–Trinajstić information content (AvgIpc) is 3.38. The Hall–Kier alpha value is -3.68. The third-order valence-corrected chi connectivity index (χ3v) is 4.73. The van der Waals surface area contributed by atoms with E-state index in [9.17, 15) is 9.59 Å². The predicted molar refractivity (Wildman–Crippen MR) is 109 cm³/mol. The SMILES string of the molecule is CCOc1cccc(-c2cccc(NC(=O)C3CC(=O)N(c4cn[nH]c4)C3)n2)c1. The van der Waals surface area contributed by atoms with Gasteiger partial charge in [0.25, 0.3) is 0 Å². The Kier molecular flexibility index (Phi) is 5.24. The molecule has 1 aromatic carbocycles. The first-order chi connectivity index (χ1) is 14.1. The van der Waals surface area contributed by atoms with Crippen molar-refractivity contribution in [3.8, 4) is 17.0 Å². The highest BCUT2D eigenvalue weighted by atomic mass is 16.5. The number of H-pyrrole nitrogens is 1. The zero-order valence-electron chi connectivity index (χ0n) is 16.0. The molecule has 2 N–H and O–H groups in total. The van der Waals surface area contributed by atoms with Crippen molar-refractivity contribution in [2.45, 2.75) is 13.3 Å². The van der Waals surface area contributed by atoms with Gasteiger partial charge in [0.1, 0.15) is 11.6 Å². The molecule has 4 rings (SSSR count). The zero-order chi connectivity index (χ0) is 20.2. The van der Waals surface area contributed by atoms with Gasteiger partial charge in [0, 0.05) is 24.7 Å². The maximum absolute atomic E-state index is 12.7. The van der Waals surface area contributed by atoms with Crippen LogP contribution in [0.1, 0.15) is 13.3 Å². The van der Waals surface area contributed by atoms with Gasteiger partial charge in [0.2, 0.25) is 11.8 Å². The average molecular weight is 391 g/mol. The number of carbonyl (C=O) groups excluding carboxylic acids is 2. The molecule has 29 heavy (non-hydrogen) atoms. The Morgan fingerprint density at radius 1 is 1.31 bits per heavy atom. The minimum atomic E-state index is -0.441. The molecule has 0 aliphatic carbocycles. The lowest BCUT2D eigenvalue weighted by molar-refractivity contribution is -0.122. The number of aromatic nitrogens is 3. The van der Waals surface area contributed by atoms with Gasteiger partial charge in [0.15, 0.2) is 0 Å². The van der Waals surface area contributed by atoms with Gasteiger partial charge >= 0.3 is 0 Å². The first-order valence-electron chi connectivity index (χ1n) is 9.44. The Bertz CT molecular complexity index is 1020. The van der Waals surface area contributed by atoms with E-state index in [1.807, 2.05) is 43.3 Å². The second-order valence-corrected chi connectivity index (χ2v) is 6.72. The van der Waals surface area contributed by atoms with Crippen LogP contribution in [0.5, 0.6) is 5.75 Å². The van der Waals surface area contributed by atoms with Crippen molar-refractivity contribution in [3.63, 3.8) is 0 Å². The Morgan fingerprint density at radius 3 is 2.97 bits per heavy atom. The number of nitrogens with zero attached hydrogens (tertiary/aromatic N) is 3. The lowest BCUT2D eigenvalue weighted by Crippen LogP contribution is -2.28. The molecule has 2 amide bonds. The van der Waals surface area contributed by atoms with Crippen molar-refractivity contribution >= 4 is 23.3 Å². The third kappa shape index (κ3) is 4.11. The molecule has 2 aromatic heterocycles. The van der Waals surface area contributed by atoms with Crippen LogP contribution in [-0.4, -0.2) is 40.1 Å². The molecular weight excluding hydrogens is 370 g/mol. The Labute approximate surface area is 167 Å². The normalized spacial score (nSPS) is 16.1. The van der Waals surface area contributed by atoms with Crippen LogP contribution in [0.15, 0.2) is 54.9 Å². The molecule has 1 aliphatic heterocycles. The van der Waals surface area contributed by atoms with Crippen molar-refractivity contribution < 1.29 is 14.3 Å². The number of anilines is 2. The fourth-order valence-corrected chi connectivity index (χ4v) is 3.33. The molecule has 0 saturated carbocycles. The minimum absolute atomic E-state index is 0.0963. The number of ether oxygens (including phenoxy) is 1. The molecule has 3 aromatic rings. The third-order valence-electron chi connectivity index (χ3n) is 4.73. The van der Waals surface area contributed by atoms with Crippen molar-refractivity contribution in [2.24, 2.45) is 5.92 Å². The molecule has 1 atom stereocenters. The minimum Gasteiger partial charge on any atom is -0.494 e. The Morgan fingerprint density at radius 2 is 2.17 bits per heavy atom. The topological polar surface area (TPSA) is 100 Å². The first kappa shape index (κ1) is 18.7. The summed E-state index contributed by atoms with van der Waals surface area (Å²) in [6.45, 7) is 2.84. The summed E-state index contributed by atoms with van der Waals surface area (Å²) in [5.41, 5.74) is 2.29. The highest BCUT2D eigenvalue weighted by Crippen LogP contribution is 2.26. The molecule has 0 spiro atoms. The highest BCUT2D eigenvalue weighted by molar-refractivity contribution is 6.03. The summed E-state index contributed by atoms with van der Waals surface area (Å²) in [4.78, 5) is 31.0. The van der Waals surface area contributed by atoms with E-state index >= 15 is 0 Å². The molecule has 1 saturated heterocycles. The van der Waals surface area contributed by atoms with Gasteiger partial charge in [-0.2, -0.15) is 5.10 Å². The summed E-state index contributed by atoms with van der Waals surface area (Å²) in [6.07, 6.45) is 3.37. The summed E-state index contributed by atoms with van der Waals surface area (Å²) in [7, 11) is 0. The van der Waals surface area contributed by atoms with Crippen molar-refractivity contribution in [2.75, 3.05) is 23.4 Å². The zero-order valence-corrected chi connectivity index (χ0v) is 16.0. The summed E-state index contributed by atoms with van der Waals surface area (Å²) >= 11 is 0. The number of hydrogen-bond acceptors (Lipinski definition) is 5. The van der Waals surface area contributed by atoms with E-state index < -0.39 is 5.92 Å². The van der Waals surface area contributed by atoms with Gasteiger partial charge in [-0.05, 0) is 31.2 Å². The number of aromatic amines is 1. The van der Waals surface area contributed by atoms with E-state index in [-0.39, 0.29) is 18.2 Å². The number of amides is 2. The maximum atomic E-state index is 12.7. The van der Waals surface area contributed by atoms with Crippen LogP contribution in [0.25, 0.3) is 11.3 Å². The quantitative estimate of drug-likeness (QED) is 0.673. The number of nitrogens with one attached hydrogen (secondary N) is 2. The van der Waals surface area contributed by atoms with E-state index in [2.05, 4.69) is 20.5 Å². The maximum Gasteiger partial charge on any atom is 0.230 e. The van der Waals surface area contributed by atoms with Crippen LogP contribution in [0.3, 0.4) is 0 Å². The van der Waals surface area contributed by atoms with Gasteiger partial charge in [-0.25, -0.2) is 4.98 Å². The van der Waals surface area contributed by atoms with Crippen LogP contribution >= 0.6 is 0 Å². The Balaban J connectivity index is 1.46. The standard InChI is InChI=1S/C21H21N5O3/c1-2-29-17-6-3-5-14(9-17)18-7-4-8-19(24-18)25-21(28)15-10-20(27)26(13-15)16-11-22-23-12-16/h3-9,11-12,15H,2,10,13H2,1H3,(H,22,23)(H,24,25,28). The van der Waals surface area contributed by atoms with Crippen LogP contribution in [-0.2, 0) is 9.59 Å². The van der Waals surface area contributed by atoms with E-state index in [0.717, 1.165) is 17.0 Å². The van der Waals surface area contributed by atoms with Gasteiger partial charge in [0.05, 0.1) is 30.1 Å². The van der Waals surface area contributed by atoms with Crippen molar-refractivity contribution in [1.29, 1.82) is 0 Å². The fourth-order valence-electron chi connectivity index (χ4n) is 3.33. The molecule has 148 valence electrons. The second kappa shape index (κ2) is 8.14. The van der Waals surface area contributed by atoms with E-state index in [1.165, 1.54) is 0 Å². The lowest BCUT2D eigenvalue weighted by atomic mass is 10.1. The van der Waals surface area contributed by atoms with Gasteiger partial charge in [-0.15, -0.1) is 0 Å². The van der Waals surface area contributed by atoms with E-state index in [1.54, 1.807) is 23.4 Å². The molecule has 3 heterocycles. The molecule has 8 nitrogen and oxygen atoms in total. The number of benzene rings is 1. The molecule has 1 fully saturated rings. The largest absolute Gasteiger partial charge is 0.494 e. The second-order valence-electron chi connectivity index (χ2n) is 6.72. The van der Waals surface area contributed by atoms with Crippen LogP contribution in [0.2, 0.25) is 0 Å². The van der Waals surface area contributed by atoms with Crippen molar-refractivity contribution in [1.82, 2.24) is 15.2 Å². The van der Waals surface area contributed by atoms with Crippen LogP contribution in [0.4, 0.5) is 11.5 Å². The van der Waals surface area contributed by atoms with Gasteiger partial charge in [-0.1, -0.05) is 18.2 Å². The number of rotatable bonds is 6. The molecule has 8 heteroatoms. The molecular formula is C21H21N5O3. The summed E-state index contributed by atoms with van der Waals surface area (Å²) < 4.78 is 5.54. The lowest BCUT2D eigenvalue weighted by Gasteiger charge is -2.14. The van der Waals surface area contributed by atoms with E-state index in [4.69, 9.17) is 4.74 Å². The first-order valence-corrected chi connectivity index (χ1v) is 9.44. The molecule has 1 aliphatic rings. The number of hydrogen-bond donors (Lipinski definition) is 2. The summed E-state index contributed by atoms with van der Waals surface area (Å²) in [5.74, 6) is 0.454. The van der Waals surface area contributed by atoms with Crippen LogP contribution in [0, 0.1) is 5.92 Å². The van der Waals surface area contributed by atoms with Crippen molar-refractivity contribution in [3.05, 3.63) is 54.9 Å². The molecule has 1 unspecified atom stereocenters. The van der Waals surface area contributed by atoms with E-state index in [0.29, 0.717) is 24.7 Å². The molecule has 0 bridgehead atoms. The predicted octanol–water partition coefficient (Wildman–Crippen LogP) is 2.86.